The van der Waals surface area contributed by atoms with Crippen molar-refractivity contribution in [1.82, 2.24) is 9.55 Å². The van der Waals surface area contributed by atoms with Crippen LogP contribution in [0.1, 0.15) is 33.0 Å². The Labute approximate surface area is 85.2 Å². The molecule has 0 radical (unpaired) electrons. The van der Waals surface area contributed by atoms with E-state index in [-0.39, 0.29) is 11.2 Å². The zero-order valence-electron chi connectivity index (χ0n) is 9.37. The van der Waals surface area contributed by atoms with Crippen LogP contribution in [0.15, 0.2) is 12.4 Å². The van der Waals surface area contributed by atoms with Gasteiger partial charge in [0, 0.05) is 24.9 Å². The van der Waals surface area contributed by atoms with Crippen molar-refractivity contribution in [1.29, 1.82) is 0 Å². The van der Waals surface area contributed by atoms with Gasteiger partial charge in [-0.05, 0) is 6.42 Å². The molecule has 3 nitrogen and oxygen atoms in total. The minimum Gasteiger partial charge on any atom is -0.338 e. The number of aryl methyl sites for hydroxylation is 1. The van der Waals surface area contributed by atoms with Crippen LogP contribution in [0.3, 0.4) is 0 Å². The Morgan fingerprint density at radius 2 is 2.21 bits per heavy atom. The molecule has 0 fully saturated rings. The highest BCUT2D eigenvalue weighted by molar-refractivity contribution is 5.85. The Balaban J connectivity index is 2.71. The molecule has 14 heavy (non-hydrogen) atoms. The molecule has 0 unspecified atom stereocenters. The lowest BCUT2D eigenvalue weighted by atomic mass is 9.84. The van der Waals surface area contributed by atoms with E-state index >= 15 is 0 Å². The molecule has 0 spiro atoms. The Kier molecular flexibility index (Phi) is 3.09. The van der Waals surface area contributed by atoms with Gasteiger partial charge in [-0.25, -0.2) is 4.98 Å². The standard InChI is InChI=1S/C11H18N2O/c1-5-11(2,3)9(14)8-10-12-6-7-13(10)4/h6-7H,5,8H2,1-4H3. The third-order valence-corrected chi connectivity index (χ3v) is 2.88. The highest BCUT2D eigenvalue weighted by Crippen LogP contribution is 2.22. The predicted molar refractivity (Wildman–Crippen MR) is 56.0 cm³/mol. The summed E-state index contributed by atoms with van der Waals surface area (Å²) in [6.45, 7) is 6.01. The van der Waals surface area contributed by atoms with E-state index in [1.165, 1.54) is 0 Å². The lowest BCUT2D eigenvalue weighted by molar-refractivity contribution is -0.126. The molecule has 3 heteroatoms. The number of carbonyl (C=O) groups excluding carboxylic acids is 1. The number of hydrogen-bond acceptors (Lipinski definition) is 2. The van der Waals surface area contributed by atoms with Crippen LogP contribution in [0, 0.1) is 5.41 Å². The zero-order valence-corrected chi connectivity index (χ0v) is 9.37. The summed E-state index contributed by atoms with van der Waals surface area (Å²) in [6.07, 6.45) is 4.89. The number of carbonyl (C=O) groups is 1. The Morgan fingerprint density at radius 3 is 2.64 bits per heavy atom. The second-order valence-corrected chi connectivity index (χ2v) is 4.29. The first-order valence-electron chi connectivity index (χ1n) is 4.97. The molecule has 0 aliphatic carbocycles. The van der Waals surface area contributed by atoms with Crippen molar-refractivity contribution in [2.75, 3.05) is 0 Å². The van der Waals surface area contributed by atoms with Crippen LogP contribution >= 0.6 is 0 Å². The largest absolute Gasteiger partial charge is 0.338 e. The normalized spacial score (nSPS) is 11.7. The minimum absolute atomic E-state index is 0.230. The number of Topliss-reactive ketones (excluding diaryl/α,β-unsaturated/α-hetero) is 1. The molecule has 0 amide bonds. The molecule has 0 aliphatic rings. The van der Waals surface area contributed by atoms with Gasteiger partial charge in [-0.2, -0.15) is 0 Å². The first-order chi connectivity index (χ1) is 6.47. The maximum atomic E-state index is 11.9. The molecular formula is C11H18N2O. The fourth-order valence-corrected chi connectivity index (χ4v) is 1.15. The first-order valence-corrected chi connectivity index (χ1v) is 4.97. The molecule has 0 saturated heterocycles. The van der Waals surface area contributed by atoms with Crippen molar-refractivity contribution in [3.63, 3.8) is 0 Å². The van der Waals surface area contributed by atoms with Crippen LogP contribution in [0.2, 0.25) is 0 Å². The number of hydrogen-bond donors (Lipinski definition) is 0. The van der Waals surface area contributed by atoms with E-state index in [0.29, 0.717) is 6.42 Å². The summed E-state index contributed by atoms with van der Waals surface area (Å²) >= 11 is 0. The van der Waals surface area contributed by atoms with Gasteiger partial charge < -0.3 is 4.57 Å². The van der Waals surface area contributed by atoms with E-state index < -0.39 is 0 Å². The van der Waals surface area contributed by atoms with Crippen LogP contribution in [0.5, 0.6) is 0 Å². The monoisotopic (exact) mass is 194 g/mol. The van der Waals surface area contributed by atoms with Crippen molar-refractivity contribution >= 4 is 5.78 Å². The van der Waals surface area contributed by atoms with Gasteiger partial charge in [0.25, 0.3) is 0 Å². The van der Waals surface area contributed by atoms with E-state index in [1.807, 2.05) is 38.6 Å². The summed E-state index contributed by atoms with van der Waals surface area (Å²) in [5.74, 6) is 1.10. The van der Waals surface area contributed by atoms with Crippen molar-refractivity contribution < 1.29 is 4.79 Å². The second-order valence-electron chi connectivity index (χ2n) is 4.29. The van der Waals surface area contributed by atoms with Gasteiger partial charge in [0.15, 0.2) is 0 Å². The molecule has 0 bridgehead atoms. The molecule has 1 heterocycles. The van der Waals surface area contributed by atoms with Gasteiger partial charge >= 0.3 is 0 Å². The molecular weight excluding hydrogens is 176 g/mol. The van der Waals surface area contributed by atoms with Crippen LogP contribution < -0.4 is 0 Å². The van der Waals surface area contributed by atoms with E-state index in [2.05, 4.69) is 4.98 Å². The number of rotatable bonds is 4. The number of imidazole rings is 1. The molecule has 0 aromatic carbocycles. The molecule has 0 N–H and O–H groups in total. The number of nitrogens with zero attached hydrogens (tertiary/aromatic N) is 2. The van der Waals surface area contributed by atoms with Crippen molar-refractivity contribution in [2.24, 2.45) is 12.5 Å². The predicted octanol–water partition coefficient (Wildman–Crippen LogP) is 1.97. The summed E-state index contributed by atoms with van der Waals surface area (Å²) in [4.78, 5) is 16.0. The molecule has 0 atom stereocenters. The van der Waals surface area contributed by atoms with E-state index in [4.69, 9.17) is 0 Å². The average Bonchev–Trinajstić information content (AvgIpc) is 2.52. The van der Waals surface area contributed by atoms with Crippen molar-refractivity contribution in [3.8, 4) is 0 Å². The van der Waals surface area contributed by atoms with Crippen LogP contribution in [-0.2, 0) is 18.3 Å². The summed E-state index contributed by atoms with van der Waals surface area (Å²) in [6, 6.07) is 0. The summed E-state index contributed by atoms with van der Waals surface area (Å²) in [5, 5.41) is 0. The van der Waals surface area contributed by atoms with Gasteiger partial charge in [0.2, 0.25) is 0 Å². The fraction of sp³-hybridized carbons (Fsp3) is 0.636. The SMILES string of the molecule is CCC(C)(C)C(=O)Cc1nccn1C. The summed E-state index contributed by atoms with van der Waals surface area (Å²) < 4.78 is 1.89. The number of aromatic nitrogens is 2. The van der Waals surface area contributed by atoms with Gasteiger partial charge in [0.05, 0.1) is 6.42 Å². The Hall–Kier alpha value is -1.12. The highest BCUT2D eigenvalue weighted by Gasteiger charge is 2.25. The quantitative estimate of drug-likeness (QED) is 0.734. The van der Waals surface area contributed by atoms with Gasteiger partial charge in [-0.3, -0.25) is 4.79 Å². The van der Waals surface area contributed by atoms with Crippen molar-refractivity contribution in [3.05, 3.63) is 18.2 Å². The van der Waals surface area contributed by atoms with Crippen LogP contribution in [0.4, 0.5) is 0 Å². The summed E-state index contributed by atoms with van der Waals surface area (Å²) in [5.41, 5.74) is -0.230. The van der Waals surface area contributed by atoms with Gasteiger partial charge in [-0.15, -0.1) is 0 Å². The topological polar surface area (TPSA) is 34.9 Å². The molecule has 78 valence electrons. The van der Waals surface area contributed by atoms with Crippen molar-refractivity contribution in [2.45, 2.75) is 33.6 Å². The van der Waals surface area contributed by atoms with E-state index in [0.717, 1.165) is 12.2 Å². The minimum atomic E-state index is -0.230. The Bertz CT molecular complexity index is 326. The smallest absolute Gasteiger partial charge is 0.145 e. The van der Waals surface area contributed by atoms with Crippen LogP contribution in [-0.4, -0.2) is 15.3 Å². The van der Waals surface area contributed by atoms with Crippen LogP contribution in [0.25, 0.3) is 0 Å². The second kappa shape index (κ2) is 3.95. The van der Waals surface area contributed by atoms with Gasteiger partial charge in [0.1, 0.15) is 11.6 Å². The lowest BCUT2D eigenvalue weighted by Crippen LogP contribution is -2.26. The average molecular weight is 194 g/mol. The first kappa shape index (κ1) is 11.0. The molecule has 1 rings (SSSR count). The maximum absolute atomic E-state index is 11.9. The summed E-state index contributed by atoms with van der Waals surface area (Å²) in [7, 11) is 1.91. The van der Waals surface area contributed by atoms with Gasteiger partial charge in [-0.1, -0.05) is 20.8 Å². The molecule has 0 saturated carbocycles. The lowest BCUT2D eigenvalue weighted by Gasteiger charge is -2.20. The molecule has 1 aromatic heterocycles. The zero-order chi connectivity index (χ0) is 10.8. The third-order valence-electron chi connectivity index (χ3n) is 2.88. The Morgan fingerprint density at radius 1 is 1.57 bits per heavy atom. The highest BCUT2D eigenvalue weighted by atomic mass is 16.1. The van der Waals surface area contributed by atoms with E-state index in [1.54, 1.807) is 6.20 Å². The fourth-order valence-electron chi connectivity index (χ4n) is 1.15. The number of ketones is 1. The van der Waals surface area contributed by atoms with E-state index in [9.17, 15) is 4.79 Å². The molecule has 0 aliphatic heterocycles. The third kappa shape index (κ3) is 2.22. The maximum Gasteiger partial charge on any atom is 0.145 e. The molecule has 1 aromatic rings.